The molecule has 0 N–H and O–H groups in total. The van der Waals surface area contributed by atoms with E-state index in [1.54, 1.807) is 16.2 Å². The van der Waals surface area contributed by atoms with Gasteiger partial charge in [0.1, 0.15) is 0 Å². The van der Waals surface area contributed by atoms with E-state index < -0.39 is 0 Å². The number of hydrogen-bond acceptors (Lipinski definition) is 2. The molecule has 17 heavy (non-hydrogen) atoms. The van der Waals surface area contributed by atoms with Crippen LogP contribution in [0.4, 0.5) is 0 Å². The standard InChI is InChI=1S/C13H12BrNOS/c1-15(8-10-6-7-17-9-10)13(16)11-4-2-3-5-12(11)14/h2-7,9H,8H2,1H3. The lowest BCUT2D eigenvalue weighted by molar-refractivity contribution is 0.0784. The number of halogens is 1. The van der Waals surface area contributed by atoms with Crippen molar-refractivity contribution >= 4 is 33.2 Å². The molecule has 0 aliphatic rings. The fourth-order valence-corrected chi connectivity index (χ4v) is 2.68. The van der Waals surface area contributed by atoms with Crippen molar-refractivity contribution in [2.24, 2.45) is 0 Å². The fraction of sp³-hybridized carbons (Fsp3) is 0.154. The molecule has 88 valence electrons. The largest absolute Gasteiger partial charge is 0.337 e. The highest BCUT2D eigenvalue weighted by Gasteiger charge is 2.14. The minimum Gasteiger partial charge on any atom is -0.337 e. The van der Waals surface area contributed by atoms with Crippen LogP contribution in [0.2, 0.25) is 0 Å². The number of carbonyl (C=O) groups is 1. The smallest absolute Gasteiger partial charge is 0.255 e. The number of nitrogens with zero attached hydrogens (tertiary/aromatic N) is 1. The Hall–Kier alpha value is -1.13. The van der Waals surface area contributed by atoms with Gasteiger partial charge in [0.05, 0.1) is 5.56 Å². The summed E-state index contributed by atoms with van der Waals surface area (Å²) in [6.07, 6.45) is 0. The molecule has 2 nitrogen and oxygen atoms in total. The van der Waals surface area contributed by atoms with Crippen LogP contribution in [-0.4, -0.2) is 17.9 Å². The number of amides is 1. The Morgan fingerprint density at radius 3 is 2.76 bits per heavy atom. The van der Waals surface area contributed by atoms with Crippen LogP contribution < -0.4 is 0 Å². The van der Waals surface area contributed by atoms with E-state index in [9.17, 15) is 4.79 Å². The molecule has 1 aromatic carbocycles. The van der Waals surface area contributed by atoms with Crippen LogP contribution in [0.5, 0.6) is 0 Å². The lowest BCUT2D eigenvalue weighted by Gasteiger charge is -2.17. The van der Waals surface area contributed by atoms with Gasteiger partial charge in [-0.25, -0.2) is 0 Å². The van der Waals surface area contributed by atoms with E-state index in [1.165, 1.54) is 0 Å². The van der Waals surface area contributed by atoms with Crippen molar-refractivity contribution in [2.45, 2.75) is 6.54 Å². The van der Waals surface area contributed by atoms with Gasteiger partial charge in [-0.1, -0.05) is 12.1 Å². The first-order valence-corrected chi connectivity index (χ1v) is 6.93. The zero-order chi connectivity index (χ0) is 12.3. The maximum Gasteiger partial charge on any atom is 0.255 e. The minimum atomic E-state index is 0.0312. The second-order valence-electron chi connectivity index (χ2n) is 3.77. The molecular weight excluding hydrogens is 298 g/mol. The van der Waals surface area contributed by atoms with E-state index in [-0.39, 0.29) is 5.91 Å². The zero-order valence-electron chi connectivity index (χ0n) is 9.39. The highest BCUT2D eigenvalue weighted by Crippen LogP contribution is 2.18. The maximum atomic E-state index is 12.2. The number of thiophene rings is 1. The molecule has 0 fully saturated rings. The molecule has 0 aliphatic carbocycles. The number of hydrogen-bond donors (Lipinski definition) is 0. The number of rotatable bonds is 3. The molecule has 1 aromatic heterocycles. The Morgan fingerprint density at radius 2 is 2.12 bits per heavy atom. The molecule has 0 saturated carbocycles. The molecule has 0 saturated heterocycles. The van der Waals surface area contributed by atoms with Gasteiger partial charge in [0.2, 0.25) is 0 Å². The fourth-order valence-electron chi connectivity index (χ4n) is 1.57. The normalized spacial score (nSPS) is 10.2. The lowest BCUT2D eigenvalue weighted by Crippen LogP contribution is -2.26. The zero-order valence-corrected chi connectivity index (χ0v) is 11.8. The van der Waals surface area contributed by atoms with Crippen LogP contribution in [-0.2, 0) is 6.54 Å². The highest BCUT2D eigenvalue weighted by molar-refractivity contribution is 9.10. The first kappa shape index (κ1) is 12.3. The molecule has 0 aliphatic heterocycles. The summed E-state index contributed by atoms with van der Waals surface area (Å²) in [5.74, 6) is 0.0312. The third-order valence-corrected chi connectivity index (χ3v) is 3.87. The molecule has 2 rings (SSSR count). The maximum absolute atomic E-state index is 12.2. The van der Waals surface area contributed by atoms with Crippen molar-refractivity contribution in [3.8, 4) is 0 Å². The van der Waals surface area contributed by atoms with Gasteiger partial charge in [-0.05, 0) is 50.5 Å². The summed E-state index contributed by atoms with van der Waals surface area (Å²) in [7, 11) is 1.82. The molecule has 0 radical (unpaired) electrons. The van der Waals surface area contributed by atoms with Gasteiger partial charge in [-0.15, -0.1) is 0 Å². The summed E-state index contributed by atoms with van der Waals surface area (Å²) in [6, 6.07) is 9.52. The van der Waals surface area contributed by atoms with Gasteiger partial charge in [0.25, 0.3) is 5.91 Å². The molecule has 1 amide bonds. The average Bonchev–Trinajstić information content (AvgIpc) is 2.81. The first-order chi connectivity index (χ1) is 8.18. The van der Waals surface area contributed by atoms with Crippen molar-refractivity contribution in [2.75, 3.05) is 7.05 Å². The summed E-state index contributed by atoms with van der Waals surface area (Å²) in [6.45, 7) is 0.643. The van der Waals surface area contributed by atoms with Crippen LogP contribution in [0.1, 0.15) is 15.9 Å². The third-order valence-electron chi connectivity index (χ3n) is 2.45. The van der Waals surface area contributed by atoms with E-state index in [0.717, 1.165) is 10.0 Å². The quantitative estimate of drug-likeness (QED) is 0.845. The number of carbonyl (C=O) groups excluding carboxylic acids is 1. The Bertz CT molecular complexity index is 510. The van der Waals surface area contributed by atoms with Crippen molar-refractivity contribution in [1.29, 1.82) is 0 Å². The van der Waals surface area contributed by atoms with E-state index in [0.29, 0.717) is 12.1 Å². The van der Waals surface area contributed by atoms with Crippen molar-refractivity contribution in [3.63, 3.8) is 0 Å². The summed E-state index contributed by atoms with van der Waals surface area (Å²) >= 11 is 5.04. The monoisotopic (exact) mass is 309 g/mol. The van der Waals surface area contributed by atoms with Crippen LogP contribution >= 0.6 is 27.3 Å². The topological polar surface area (TPSA) is 20.3 Å². The van der Waals surface area contributed by atoms with E-state index in [2.05, 4.69) is 21.3 Å². The van der Waals surface area contributed by atoms with Gasteiger partial charge >= 0.3 is 0 Å². The van der Waals surface area contributed by atoms with Crippen LogP contribution in [0.3, 0.4) is 0 Å². The lowest BCUT2D eigenvalue weighted by atomic mass is 10.2. The second kappa shape index (κ2) is 5.47. The van der Waals surface area contributed by atoms with Gasteiger partial charge in [-0.2, -0.15) is 11.3 Å². The van der Waals surface area contributed by atoms with Crippen LogP contribution in [0, 0.1) is 0 Å². The molecule has 0 bridgehead atoms. The molecule has 1 heterocycles. The Balaban J connectivity index is 2.13. The molecule has 4 heteroatoms. The van der Waals surface area contributed by atoms with Gasteiger partial charge < -0.3 is 4.90 Å². The van der Waals surface area contributed by atoms with Gasteiger partial charge in [0, 0.05) is 18.1 Å². The first-order valence-electron chi connectivity index (χ1n) is 5.19. The van der Waals surface area contributed by atoms with Gasteiger partial charge in [0.15, 0.2) is 0 Å². The van der Waals surface area contributed by atoms with E-state index >= 15 is 0 Å². The molecule has 0 atom stereocenters. The van der Waals surface area contributed by atoms with Gasteiger partial charge in [-0.3, -0.25) is 4.79 Å². The second-order valence-corrected chi connectivity index (χ2v) is 5.41. The molecule has 2 aromatic rings. The Kier molecular flexibility index (Phi) is 3.97. The summed E-state index contributed by atoms with van der Waals surface area (Å²) < 4.78 is 0.835. The molecular formula is C13H12BrNOS. The SMILES string of the molecule is CN(Cc1ccsc1)C(=O)c1ccccc1Br. The summed E-state index contributed by atoms with van der Waals surface area (Å²) in [5, 5.41) is 4.08. The van der Waals surface area contributed by atoms with Crippen molar-refractivity contribution in [1.82, 2.24) is 4.90 Å². The van der Waals surface area contributed by atoms with Crippen LogP contribution in [0.15, 0.2) is 45.6 Å². The summed E-state index contributed by atoms with van der Waals surface area (Å²) in [4.78, 5) is 13.9. The van der Waals surface area contributed by atoms with E-state index in [1.807, 2.05) is 42.8 Å². The van der Waals surface area contributed by atoms with Crippen molar-refractivity contribution < 1.29 is 4.79 Å². The Morgan fingerprint density at radius 1 is 1.35 bits per heavy atom. The average molecular weight is 310 g/mol. The van der Waals surface area contributed by atoms with E-state index in [4.69, 9.17) is 0 Å². The van der Waals surface area contributed by atoms with Crippen molar-refractivity contribution in [3.05, 3.63) is 56.7 Å². The third kappa shape index (κ3) is 2.96. The minimum absolute atomic E-state index is 0.0312. The predicted octanol–water partition coefficient (Wildman–Crippen LogP) is 3.78. The molecule has 0 unspecified atom stereocenters. The summed E-state index contributed by atoms with van der Waals surface area (Å²) in [5.41, 5.74) is 1.86. The number of benzene rings is 1. The van der Waals surface area contributed by atoms with Crippen LogP contribution in [0.25, 0.3) is 0 Å². The molecule has 0 spiro atoms. The highest BCUT2D eigenvalue weighted by atomic mass is 79.9. The Labute approximate surface area is 113 Å². The predicted molar refractivity (Wildman–Crippen MR) is 74.3 cm³/mol.